The van der Waals surface area contributed by atoms with E-state index in [2.05, 4.69) is 17.3 Å². The van der Waals surface area contributed by atoms with Gasteiger partial charge in [-0.2, -0.15) is 0 Å². The summed E-state index contributed by atoms with van der Waals surface area (Å²) in [7, 11) is 2.14. The van der Waals surface area contributed by atoms with Crippen LogP contribution in [0.3, 0.4) is 0 Å². The van der Waals surface area contributed by atoms with Gasteiger partial charge in [0.1, 0.15) is 6.04 Å². The summed E-state index contributed by atoms with van der Waals surface area (Å²) >= 11 is 0. The number of rotatable bonds is 3. The minimum atomic E-state index is -0.229. The van der Waals surface area contributed by atoms with Crippen LogP contribution in [0.2, 0.25) is 0 Å². The molecule has 3 rings (SSSR count). The first kappa shape index (κ1) is 12.9. The largest absolute Gasteiger partial charge is 0.342 e. The Labute approximate surface area is 114 Å². The molecule has 0 aromatic carbocycles. The van der Waals surface area contributed by atoms with E-state index < -0.39 is 0 Å². The second-order valence-electron chi connectivity index (χ2n) is 6.35. The predicted molar refractivity (Wildman–Crippen MR) is 71.5 cm³/mol. The lowest BCUT2D eigenvalue weighted by molar-refractivity contribution is -0.145. The van der Waals surface area contributed by atoms with Gasteiger partial charge in [-0.05, 0) is 57.7 Å². The fourth-order valence-corrected chi connectivity index (χ4v) is 3.19. The molecule has 19 heavy (non-hydrogen) atoms. The Morgan fingerprint density at radius 1 is 1.16 bits per heavy atom. The number of nitrogens with zero attached hydrogens (tertiary/aromatic N) is 2. The number of piperazine rings is 1. The molecule has 106 valence electrons. The number of likely N-dealkylation sites (tertiary alicyclic amines) is 1. The first-order chi connectivity index (χ1) is 9.13. The van der Waals surface area contributed by atoms with Crippen molar-refractivity contribution in [3.05, 3.63) is 0 Å². The van der Waals surface area contributed by atoms with E-state index in [9.17, 15) is 9.59 Å². The minimum Gasteiger partial charge on any atom is -0.342 e. The highest BCUT2D eigenvalue weighted by Crippen LogP contribution is 2.34. The van der Waals surface area contributed by atoms with Crippen LogP contribution < -0.4 is 5.32 Å². The van der Waals surface area contributed by atoms with Gasteiger partial charge in [-0.25, -0.2) is 0 Å². The Morgan fingerprint density at radius 2 is 1.84 bits per heavy atom. The molecule has 2 heterocycles. The maximum atomic E-state index is 12.4. The van der Waals surface area contributed by atoms with Gasteiger partial charge in [-0.15, -0.1) is 0 Å². The van der Waals surface area contributed by atoms with E-state index in [1.54, 1.807) is 4.90 Å². The first-order valence-corrected chi connectivity index (χ1v) is 7.40. The van der Waals surface area contributed by atoms with Crippen LogP contribution in [0.4, 0.5) is 0 Å². The van der Waals surface area contributed by atoms with Crippen molar-refractivity contribution in [3.63, 3.8) is 0 Å². The highest BCUT2D eigenvalue weighted by atomic mass is 16.2. The molecule has 1 unspecified atom stereocenters. The van der Waals surface area contributed by atoms with Gasteiger partial charge in [0.25, 0.3) is 0 Å². The zero-order valence-electron chi connectivity index (χ0n) is 11.6. The number of hydrogen-bond donors (Lipinski definition) is 1. The van der Waals surface area contributed by atoms with Crippen LogP contribution in [0.25, 0.3) is 0 Å². The molecule has 1 saturated carbocycles. The molecule has 1 aliphatic carbocycles. The van der Waals surface area contributed by atoms with Gasteiger partial charge in [-0.3, -0.25) is 9.59 Å². The third kappa shape index (κ3) is 2.91. The Morgan fingerprint density at radius 3 is 2.47 bits per heavy atom. The van der Waals surface area contributed by atoms with Gasteiger partial charge in [0.05, 0.1) is 6.54 Å². The molecule has 2 aliphatic heterocycles. The molecule has 5 heteroatoms. The van der Waals surface area contributed by atoms with Crippen LogP contribution in [0.1, 0.15) is 25.7 Å². The summed E-state index contributed by atoms with van der Waals surface area (Å²) in [6.07, 6.45) is 4.43. The number of nitrogens with one attached hydrogen (secondary N) is 1. The van der Waals surface area contributed by atoms with Crippen LogP contribution in [0.15, 0.2) is 0 Å². The monoisotopic (exact) mass is 265 g/mol. The van der Waals surface area contributed by atoms with Crippen molar-refractivity contribution in [2.75, 3.05) is 33.2 Å². The second-order valence-corrected chi connectivity index (χ2v) is 6.35. The zero-order valence-corrected chi connectivity index (χ0v) is 11.6. The van der Waals surface area contributed by atoms with Crippen LogP contribution in [-0.2, 0) is 9.59 Å². The molecule has 2 amide bonds. The molecule has 5 nitrogen and oxygen atoms in total. The Balaban J connectivity index is 1.59. The van der Waals surface area contributed by atoms with Crippen LogP contribution in [-0.4, -0.2) is 60.9 Å². The molecule has 1 N–H and O–H groups in total. The van der Waals surface area contributed by atoms with E-state index in [1.165, 1.54) is 0 Å². The van der Waals surface area contributed by atoms with E-state index in [0.29, 0.717) is 11.8 Å². The summed E-state index contributed by atoms with van der Waals surface area (Å²) in [6.45, 7) is 3.23. The summed E-state index contributed by atoms with van der Waals surface area (Å²) in [5.74, 6) is 1.13. The molecule has 3 aliphatic rings. The Kier molecular flexibility index (Phi) is 3.48. The average Bonchev–Trinajstić information content (AvgIpc) is 3.20. The molecule has 0 radical (unpaired) electrons. The van der Waals surface area contributed by atoms with Gasteiger partial charge < -0.3 is 15.1 Å². The molecular formula is C14H23N3O2. The summed E-state index contributed by atoms with van der Waals surface area (Å²) < 4.78 is 0. The van der Waals surface area contributed by atoms with E-state index in [1.807, 2.05) is 0 Å². The lowest BCUT2D eigenvalue weighted by Crippen LogP contribution is -2.59. The second kappa shape index (κ2) is 5.12. The number of carbonyl (C=O) groups is 2. The van der Waals surface area contributed by atoms with Gasteiger partial charge in [0.15, 0.2) is 0 Å². The summed E-state index contributed by atoms with van der Waals surface area (Å²) in [5.41, 5.74) is 0. The molecule has 0 aromatic rings. The number of amides is 2. The van der Waals surface area contributed by atoms with Crippen molar-refractivity contribution in [2.24, 2.45) is 11.8 Å². The van der Waals surface area contributed by atoms with Crippen molar-refractivity contribution in [2.45, 2.75) is 31.7 Å². The minimum absolute atomic E-state index is 0.0180. The van der Waals surface area contributed by atoms with Crippen molar-refractivity contribution >= 4 is 11.8 Å². The zero-order chi connectivity index (χ0) is 13.4. The van der Waals surface area contributed by atoms with E-state index >= 15 is 0 Å². The molecule has 0 spiro atoms. The summed E-state index contributed by atoms with van der Waals surface area (Å²) in [4.78, 5) is 28.3. The smallest absolute Gasteiger partial charge is 0.245 e. The Hall–Kier alpha value is -1.10. The normalized spacial score (nSPS) is 30.6. The predicted octanol–water partition coefficient (Wildman–Crippen LogP) is 0.0652. The van der Waals surface area contributed by atoms with Crippen molar-refractivity contribution in [3.8, 4) is 0 Å². The quantitative estimate of drug-likeness (QED) is 0.785. The average molecular weight is 265 g/mol. The number of hydrogen-bond acceptors (Lipinski definition) is 3. The lowest BCUT2D eigenvalue weighted by Gasteiger charge is -2.37. The van der Waals surface area contributed by atoms with E-state index in [0.717, 1.165) is 45.3 Å². The fraction of sp³-hybridized carbons (Fsp3) is 0.857. The fourth-order valence-electron chi connectivity index (χ4n) is 3.19. The van der Waals surface area contributed by atoms with Crippen molar-refractivity contribution in [1.82, 2.24) is 15.1 Å². The Bertz CT molecular complexity index is 373. The van der Waals surface area contributed by atoms with Gasteiger partial charge in [0, 0.05) is 6.54 Å². The van der Waals surface area contributed by atoms with Crippen LogP contribution in [0, 0.1) is 11.8 Å². The topological polar surface area (TPSA) is 52.6 Å². The van der Waals surface area contributed by atoms with Crippen molar-refractivity contribution in [1.29, 1.82) is 0 Å². The molecule has 0 aromatic heterocycles. The SMILES string of the molecule is CN1CCC(CN2CC(=O)NC(C3CC3)C2=O)CC1. The first-order valence-electron chi connectivity index (χ1n) is 7.40. The van der Waals surface area contributed by atoms with Crippen molar-refractivity contribution < 1.29 is 9.59 Å². The van der Waals surface area contributed by atoms with E-state index in [4.69, 9.17) is 0 Å². The molecule has 1 atom stereocenters. The maximum absolute atomic E-state index is 12.4. The van der Waals surface area contributed by atoms with Crippen LogP contribution in [0.5, 0.6) is 0 Å². The van der Waals surface area contributed by atoms with Crippen LogP contribution >= 0.6 is 0 Å². The number of carbonyl (C=O) groups excluding carboxylic acids is 2. The maximum Gasteiger partial charge on any atom is 0.245 e. The molecule has 0 bridgehead atoms. The van der Waals surface area contributed by atoms with E-state index in [-0.39, 0.29) is 24.4 Å². The highest BCUT2D eigenvalue weighted by molar-refractivity contribution is 5.95. The van der Waals surface area contributed by atoms with Gasteiger partial charge in [-0.1, -0.05) is 0 Å². The summed E-state index contributed by atoms with van der Waals surface area (Å²) in [6, 6.07) is -0.229. The lowest BCUT2D eigenvalue weighted by atomic mass is 9.95. The standard InChI is InChI=1S/C14H23N3O2/c1-16-6-4-10(5-7-16)8-17-9-12(18)15-13(14(17)19)11-2-3-11/h10-11,13H,2-9H2,1H3,(H,15,18). The molecule has 2 saturated heterocycles. The van der Waals surface area contributed by atoms with Gasteiger partial charge in [0.2, 0.25) is 11.8 Å². The van der Waals surface area contributed by atoms with Gasteiger partial charge >= 0.3 is 0 Å². The third-order valence-electron chi connectivity index (χ3n) is 4.64. The molecular weight excluding hydrogens is 242 g/mol. The summed E-state index contributed by atoms with van der Waals surface area (Å²) in [5, 5.41) is 2.86. The third-order valence-corrected chi connectivity index (χ3v) is 4.64. The molecule has 3 fully saturated rings. The number of piperidine rings is 1. The highest BCUT2D eigenvalue weighted by Gasteiger charge is 2.42.